The average molecular weight is 257 g/mol. The van der Waals surface area contributed by atoms with Crippen LogP contribution in [0.3, 0.4) is 0 Å². The summed E-state index contributed by atoms with van der Waals surface area (Å²) in [5.41, 5.74) is 5.50. The number of hydrogen-bond acceptors (Lipinski definition) is 5. The molecule has 0 radical (unpaired) electrons. The molecule has 17 heavy (non-hydrogen) atoms. The van der Waals surface area contributed by atoms with E-state index in [1.165, 1.54) is 6.20 Å². The first kappa shape index (κ1) is 12.4. The number of aliphatic hydroxyl groups excluding tert-OH is 1. The quantitative estimate of drug-likeness (QED) is 0.766. The van der Waals surface area contributed by atoms with Crippen LogP contribution in [0, 0.1) is 5.92 Å². The molecule has 0 atom stereocenters. The minimum absolute atomic E-state index is 0.121. The number of hydrogen-bond donors (Lipinski definition) is 3. The molecule has 1 heterocycles. The summed E-state index contributed by atoms with van der Waals surface area (Å²) < 4.78 is 0. The van der Waals surface area contributed by atoms with Crippen LogP contribution in [0.25, 0.3) is 0 Å². The lowest BCUT2D eigenvalue weighted by molar-refractivity contribution is 0.111. The van der Waals surface area contributed by atoms with Crippen LogP contribution in [0.4, 0.5) is 11.8 Å². The fourth-order valence-corrected chi connectivity index (χ4v) is 2.25. The van der Waals surface area contributed by atoms with Crippen molar-refractivity contribution in [2.75, 3.05) is 17.6 Å². The normalized spacial score (nSPS) is 24.6. The van der Waals surface area contributed by atoms with E-state index in [1.54, 1.807) is 0 Å². The summed E-state index contributed by atoms with van der Waals surface area (Å²) in [5, 5.41) is 13.1. The van der Waals surface area contributed by atoms with Crippen molar-refractivity contribution in [3.05, 3.63) is 11.2 Å². The van der Waals surface area contributed by atoms with E-state index in [4.69, 9.17) is 17.3 Å². The molecule has 1 aromatic rings. The summed E-state index contributed by atoms with van der Waals surface area (Å²) in [6.45, 7) is 0.808. The van der Waals surface area contributed by atoms with E-state index in [1.807, 2.05) is 0 Å². The minimum atomic E-state index is -0.121. The van der Waals surface area contributed by atoms with Crippen molar-refractivity contribution in [1.82, 2.24) is 9.97 Å². The SMILES string of the molecule is Nc1ncc(Cl)c(NCC2CCC(O)CC2)n1. The molecule has 0 amide bonds. The highest BCUT2D eigenvalue weighted by molar-refractivity contribution is 6.32. The lowest BCUT2D eigenvalue weighted by atomic mass is 9.87. The maximum absolute atomic E-state index is 9.41. The van der Waals surface area contributed by atoms with Crippen molar-refractivity contribution in [2.45, 2.75) is 31.8 Å². The average Bonchev–Trinajstić information content (AvgIpc) is 2.32. The fraction of sp³-hybridized carbons (Fsp3) is 0.636. The number of nitrogen functional groups attached to an aromatic ring is 1. The van der Waals surface area contributed by atoms with Crippen molar-refractivity contribution < 1.29 is 5.11 Å². The van der Waals surface area contributed by atoms with Gasteiger partial charge in [-0.2, -0.15) is 4.98 Å². The highest BCUT2D eigenvalue weighted by atomic mass is 35.5. The van der Waals surface area contributed by atoms with Gasteiger partial charge in [-0.3, -0.25) is 0 Å². The number of rotatable bonds is 3. The van der Waals surface area contributed by atoms with Gasteiger partial charge in [-0.05, 0) is 31.6 Å². The van der Waals surface area contributed by atoms with Crippen molar-refractivity contribution in [3.8, 4) is 0 Å². The third-order valence-electron chi connectivity index (χ3n) is 3.14. The molecule has 0 unspecified atom stereocenters. The molecular weight excluding hydrogens is 240 g/mol. The lowest BCUT2D eigenvalue weighted by Gasteiger charge is -2.25. The van der Waals surface area contributed by atoms with E-state index in [2.05, 4.69) is 15.3 Å². The zero-order valence-corrected chi connectivity index (χ0v) is 10.3. The third-order valence-corrected chi connectivity index (χ3v) is 3.41. The largest absolute Gasteiger partial charge is 0.393 e. The van der Waals surface area contributed by atoms with Gasteiger partial charge in [-0.1, -0.05) is 11.6 Å². The van der Waals surface area contributed by atoms with Crippen LogP contribution < -0.4 is 11.1 Å². The summed E-state index contributed by atoms with van der Waals surface area (Å²) in [4.78, 5) is 7.85. The highest BCUT2D eigenvalue weighted by Crippen LogP contribution is 2.25. The van der Waals surface area contributed by atoms with Crippen LogP contribution in [0.15, 0.2) is 6.20 Å². The van der Waals surface area contributed by atoms with Gasteiger partial charge < -0.3 is 16.2 Å². The lowest BCUT2D eigenvalue weighted by Crippen LogP contribution is -2.24. The first-order valence-corrected chi connectivity index (χ1v) is 6.23. The van der Waals surface area contributed by atoms with Crippen LogP contribution >= 0.6 is 11.6 Å². The van der Waals surface area contributed by atoms with E-state index in [-0.39, 0.29) is 12.1 Å². The molecule has 6 heteroatoms. The summed E-state index contributed by atoms with van der Waals surface area (Å²) in [7, 11) is 0. The minimum Gasteiger partial charge on any atom is -0.393 e. The Morgan fingerprint density at radius 3 is 2.82 bits per heavy atom. The number of aliphatic hydroxyl groups is 1. The van der Waals surface area contributed by atoms with Gasteiger partial charge in [0.25, 0.3) is 0 Å². The molecule has 0 aliphatic heterocycles. The topological polar surface area (TPSA) is 84.1 Å². The number of nitrogens with one attached hydrogen (secondary N) is 1. The van der Waals surface area contributed by atoms with Gasteiger partial charge in [0.05, 0.1) is 12.3 Å². The molecule has 2 rings (SSSR count). The van der Waals surface area contributed by atoms with Crippen LogP contribution in [-0.2, 0) is 0 Å². The van der Waals surface area contributed by atoms with Crippen molar-refractivity contribution in [1.29, 1.82) is 0 Å². The molecular formula is C11H17ClN4O. The Labute approximate surface area is 105 Å². The maximum atomic E-state index is 9.41. The zero-order valence-electron chi connectivity index (χ0n) is 9.56. The number of aromatic nitrogens is 2. The highest BCUT2D eigenvalue weighted by Gasteiger charge is 2.19. The van der Waals surface area contributed by atoms with Gasteiger partial charge in [-0.25, -0.2) is 4.98 Å². The molecule has 1 aromatic heterocycles. The molecule has 0 spiro atoms. The van der Waals surface area contributed by atoms with Gasteiger partial charge in [0.2, 0.25) is 5.95 Å². The first-order valence-electron chi connectivity index (χ1n) is 5.85. The molecule has 1 aliphatic rings. The van der Waals surface area contributed by atoms with Gasteiger partial charge >= 0.3 is 0 Å². The molecule has 1 fully saturated rings. The molecule has 94 valence electrons. The first-order chi connectivity index (χ1) is 8.15. The third kappa shape index (κ3) is 3.44. The Balaban J connectivity index is 1.87. The molecule has 0 aromatic carbocycles. The van der Waals surface area contributed by atoms with E-state index < -0.39 is 0 Å². The van der Waals surface area contributed by atoms with Gasteiger partial charge in [0.1, 0.15) is 10.8 Å². The molecule has 5 nitrogen and oxygen atoms in total. The Kier molecular flexibility index (Phi) is 4.02. The summed E-state index contributed by atoms with van der Waals surface area (Å²) >= 11 is 5.95. The molecule has 4 N–H and O–H groups in total. The Morgan fingerprint density at radius 2 is 2.12 bits per heavy atom. The standard InChI is InChI=1S/C11H17ClN4O/c12-9-6-15-11(13)16-10(9)14-5-7-1-3-8(17)4-2-7/h6-8,17H,1-5H2,(H3,13,14,15,16). The number of nitrogens with two attached hydrogens (primary N) is 1. The number of nitrogens with zero attached hydrogens (tertiary/aromatic N) is 2. The number of anilines is 2. The van der Waals surface area contributed by atoms with Gasteiger partial charge in [0, 0.05) is 6.54 Å². The Bertz CT molecular complexity index is 380. The Hall–Kier alpha value is -1.07. The number of halogens is 1. The van der Waals surface area contributed by atoms with E-state index >= 15 is 0 Å². The van der Waals surface area contributed by atoms with Crippen LogP contribution in [0.2, 0.25) is 5.02 Å². The fourth-order valence-electron chi connectivity index (χ4n) is 2.09. The summed E-state index contributed by atoms with van der Waals surface area (Å²) in [6, 6.07) is 0. The van der Waals surface area contributed by atoms with E-state index in [0.29, 0.717) is 16.8 Å². The summed E-state index contributed by atoms with van der Waals surface area (Å²) in [5.74, 6) is 1.37. The van der Waals surface area contributed by atoms with E-state index in [0.717, 1.165) is 32.2 Å². The smallest absolute Gasteiger partial charge is 0.222 e. The zero-order chi connectivity index (χ0) is 12.3. The molecule has 1 saturated carbocycles. The van der Waals surface area contributed by atoms with Crippen molar-refractivity contribution in [3.63, 3.8) is 0 Å². The predicted octanol–water partition coefficient (Wildman–Crippen LogP) is 1.68. The van der Waals surface area contributed by atoms with E-state index in [9.17, 15) is 5.11 Å². The molecule has 0 saturated heterocycles. The molecule has 1 aliphatic carbocycles. The van der Waals surface area contributed by atoms with Gasteiger partial charge in [-0.15, -0.1) is 0 Å². The second kappa shape index (κ2) is 5.51. The van der Waals surface area contributed by atoms with Crippen LogP contribution in [-0.4, -0.2) is 27.7 Å². The van der Waals surface area contributed by atoms with Crippen LogP contribution in [0.5, 0.6) is 0 Å². The molecule has 0 bridgehead atoms. The Morgan fingerprint density at radius 1 is 1.41 bits per heavy atom. The second-order valence-electron chi connectivity index (χ2n) is 4.48. The van der Waals surface area contributed by atoms with Crippen molar-refractivity contribution >= 4 is 23.4 Å². The second-order valence-corrected chi connectivity index (χ2v) is 4.89. The van der Waals surface area contributed by atoms with Gasteiger partial charge in [0.15, 0.2) is 0 Å². The van der Waals surface area contributed by atoms with Crippen molar-refractivity contribution in [2.24, 2.45) is 5.92 Å². The van der Waals surface area contributed by atoms with Crippen LogP contribution in [0.1, 0.15) is 25.7 Å². The predicted molar refractivity (Wildman–Crippen MR) is 67.9 cm³/mol. The summed E-state index contributed by atoms with van der Waals surface area (Å²) in [6.07, 6.45) is 5.21. The maximum Gasteiger partial charge on any atom is 0.222 e. The monoisotopic (exact) mass is 256 g/mol.